The van der Waals surface area contributed by atoms with Gasteiger partial charge in [-0.3, -0.25) is 0 Å². The lowest BCUT2D eigenvalue weighted by Gasteiger charge is -2.29. The van der Waals surface area contributed by atoms with Crippen molar-refractivity contribution >= 4 is 68.2 Å². The SMILES string of the molecule is CC1(C)c2cc(N(c3ccccc3)c3ccccc3)ccc2-c2ccc(N(c3ccccc3)c3ccc(-c4ccc(-c5ccc(-c6ccc(-c7ccc(N(c8ccc(-c9ccccc9)cc8)c8ccc9c(c8)C(C)(C)c8cc(N(c%10ccc(-c%11cccc(-c%12ccccc%12)c%11)cc%10)c%10ccc(-c%11cccc(-c%12ccccc%12)c%11)cc%10)ccc8-9)cc7)cc6)cc5)cc4)cc3)cc21. The van der Waals surface area contributed by atoms with Gasteiger partial charge in [-0.25, -0.2) is 0 Å². The second kappa shape index (κ2) is 33.8. The van der Waals surface area contributed by atoms with Crippen LogP contribution < -0.4 is 19.6 Å². The molecule has 0 spiro atoms. The Hall–Kier alpha value is -16.4. The van der Waals surface area contributed by atoms with Crippen molar-refractivity contribution in [3.05, 3.63) is 520 Å². The van der Waals surface area contributed by atoms with E-state index in [9.17, 15) is 0 Å². The minimum Gasteiger partial charge on any atom is -0.310 e. The second-order valence-electron chi connectivity index (χ2n) is 35.2. The Kier molecular flexibility index (Phi) is 20.7. The fraction of sp³-hybridized carbons (Fsp3) is 0.0476. The van der Waals surface area contributed by atoms with Crippen LogP contribution in [0.4, 0.5) is 68.2 Å². The molecule has 0 amide bonds. The van der Waals surface area contributed by atoms with Crippen LogP contribution in [-0.2, 0) is 10.8 Å². The zero-order chi connectivity index (χ0) is 87.2. The summed E-state index contributed by atoms with van der Waals surface area (Å²) in [5, 5.41) is 0. The molecule has 0 atom stereocenters. The van der Waals surface area contributed by atoms with E-state index < -0.39 is 0 Å². The summed E-state index contributed by atoms with van der Waals surface area (Å²) in [7, 11) is 0. The van der Waals surface area contributed by atoms with Crippen molar-refractivity contribution in [2.45, 2.75) is 38.5 Å². The maximum absolute atomic E-state index is 2.45. The summed E-state index contributed by atoms with van der Waals surface area (Å²) in [6, 6.07) is 183. The summed E-state index contributed by atoms with van der Waals surface area (Å²) in [6.45, 7) is 9.55. The molecule has 22 rings (SSSR count). The summed E-state index contributed by atoms with van der Waals surface area (Å²) in [6.07, 6.45) is 0. The van der Waals surface area contributed by atoms with E-state index in [4.69, 9.17) is 0 Å². The number of hydrogen-bond donors (Lipinski definition) is 0. The molecule has 0 N–H and O–H groups in total. The van der Waals surface area contributed by atoms with E-state index in [1.54, 1.807) is 0 Å². The number of hydrogen-bond acceptors (Lipinski definition) is 4. The van der Waals surface area contributed by atoms with Crippen LogP contribution in [0.2, 0.25) is 0 Å². The lowest BCUT2D eigenvalue weighted by atomic mass is 9.82. The molecule has 2 aliphatic rings. The van der Waals surface area contributed by atoms with Gasteiger partial charge in [0, 0.05) is 79.1 Å². The summed E-state index contributed by atoms with van der Waals surface area (Å²) in [4.78, 5) is 9.59. The van der Waals surface area contributed by atoms with Gasteiger partial charge in [0.2, 0.25) is 0 Å². The van der Waals surface area contributed by atoms with Crippen molar-refractivity contribution in [3.63, 3.8) is 0 Å². The molecule has 20 aromatic rings. The summed E-state index contributed by atoms with van der Waals surface area (Å²) in [5.41, 5.74) is 44.2. The molecule has 130 heavy (non-hydrogen) atoms. The highest BCUT2D eigenvalue weighted by Gasteiger charge is 2.39. The molecule has 0 heterocycles. The van der Waals surface area contributed by atoms with Gasteiger partial charge in [-0.05, 0) is 302 Å². The van der Waals surface area contributed by atoms with Crippen molar-refractivity contribution in [1.82, 2.24) is 0 Å². The van der Waals surface area contributed by atoms with E-state index in [1.807, 2.05) is 0 Å². The highest BCUT2D eigenvalue weighted by atomic mass is 15.2. The number of fused-ring (bicyclic) bond motifs is 6. The number of anilines is 12. The monoisotopic (exact) mass is 1660 g/mol. The Balaban J connectivity index is 0.507. The summed E-state index contributed by atoms with van der Waals surface area (Å²) in [5.74, 6) is 0. The third kappa shape index (κ3) is 15.2. The molecule has 0 saturated carbocycles. The Morgan fingerprint density at radius 1 is 0.115 bits per heavy atom. The van der Waals surface area contributed by atoms with Gasteiger partial charge in [0.1, 0.15) is 0 Å². The van der Waals surface area contributed by atoms with Crippen LogP contribution in [0.25, 0.3) is 122 Å². The molecule has 0 bridgehead atoms. The first-order chi connectivity index (χ1) is 63.9. The minimum atomic E-state index is -0.356. The quantitative estimate of drug-likeness (QED) is 0.0711. The Labute approximate surface area is 763 Å². The lowest BCUT2D eigenvalue weighted by molar-refractivity contribution is 0.660. The van der Waals surface area contributed by atoms with E-state index in [2.05, 4.69) is 545 Å². The molecular formula is C126H94N4. The Bertz CT molecular complexity index is 7300. The minimum absolute atomic E-state index is 0.251. The molecule has 2 aliphatic carbocycles. The molecule has 0 radical (unpaired) electrons. The van der Waals surface area contributed by atoms with Crippen molar-refractivity contribution in [2.24, 2.45) is 0 Å². The van der Waals surface area contributed by atoms with Gasteiger partial charge in [0.15, 0.2) is 0 Å². The molecule has 20 aromatic carbocycles. The van der Waals surface area contributed by atoms with Crippen LogP contribution in [0.15, 0.2) is 497 Å². The van der Waals surface area contributed by atoms with Gasteiger partial charge in [-0.15, -0.1) is 0 Å². The van der Waals surface area contributed by atoms with E-state index in [-0.39, 0.29) is 10.8 Å². The largest absolute Gasteiger partial charge is 0.310 e. The van der Waals surface area contributed by atoms with Gasteiger partial charge in [-0.1, -0.05) is 367 Å². The van der Waals surface area contributed by atoms with Crippen LogP contribution in [0.5, 0.6) is 0 Å². The Morgan fingerprint density at radius 2 is 0.254 bits per heavy atom. The van der Waals surface area contributed by atoms with Crippen molar-refractivity contribution in [3.8, 4) is 122 Å². The fourth-order valence-electron chi connectivity index (χ4n) is 19.7. The smallest absolute Gasteiger partial charge is 0.0465 e. The molecule has 0 fully saturated rings. The van der Waals surface area contributed by atoms with Crippen molar-refractivity contribution in [1.29, 1.82) is 0 Å². The zero-order valence-corrected chi connectivity index (χ0v) is 73.1. The van der Waals surface area contributed by atoms with Gasteiger partial charge in [-0.2, -0.15) is 0 Å². The summed E-state index contributed by atoms with van der Waals surface area (Å²) < 4.78 is 0. The summed E-state index contributed by atoms with van der Waals surface area (Å²) >= 11 is 0. The van der Waals surface area contributed by atoms with Gasteiger partial charge < -0.3 is 19.6 Å². The standard InChI is InChI=1S/C126H94N4/c1-125(2)121-83-113(127(105-35-17-8-18-36-105)106-37-19-9-20-38-106)73-77-117(121)118-78-74-114(84-122(118)125)128(107-39-21-10-22-40-107)108-65-55-97(56-66-108)94-49-45-92(46-50-94)90-41-43-91(44-42-90)93-47-51-95(52-48-93)98-57-67-110(68-58-98)129(109-63-53-96(54-64-109)87-25-11-5-12-26-87)115-75-79-119-120-80-76-116(86-124(120)126(3,4)123(119)85-115)130(111-69-59-99(60-70-111)103-33-23-31-101(81-103)88-27-13-6-14-28-88)112-71-61-100(62-72-112)104-34-24-32-102(82-104)89-29-15-7-16-30-89/h5-86H,1-4H3. The van der Waals surface area contributed by atoms with Gasteiger partial charge in [0.05, 0.1) is 0 Å². The van der Waals surface area contributed by atoms with E-state index in [1.165, 1.54) is 134 Å². The third-order valence-electron chi connectivity index (χ3n) is 26.7. The number of rotatable bonds is 21. The average Bonchev–Trinajstić information content (AvgIpc) is 1.57. The van der Waals surface area contributed by atoms with Crippen LogP contribution in [0, 0.1) is 0 Å². The third-order valence-corrected chi connectivity index (χ3v) is 26.7. The molecule has 4 nitrogen and oxygen atoms in total. The van der Waals surface area contributed by atoms with Crippen molar-refractivity contribution < 1.29 is 0 Å². The predicted molar refractivity (Wildman–Crippen MR) is 549 cm³/mol. The molecule has 0 aliphatic heterocycles. The number of para-hydroxylation sites is 3. The first kappa shape index (κ1) is 79.5. The zero-order valence-electron chi connectivity index (χ0n) is 73.1. The normalized spacial score (nSPS) is 12.4. The lowest BCUT2D eigenvalue weighted by Crippen LogP contribution is -2.17. The first-order valence-corrected chi connectivity index (χ1v) is 45.1. The molecule has 0 saturated heterocycles. The highest BCUT2D eigenvalue weighted by Crippen LogP contribution is 2.56. The predicted octanol–water partition coefficient (Wildman–Crippen LogP) is 35.2. The molecular weight excluding hydrogens is 1570 g/mol. The first-order valence-electron chi connectivity index (χ1n) is 45.1. The molecule has 0 unspecified atom stereocenters. The Morgan fingerprint density at radius 3 is 0.454 bits per heavy atom. The van der Waals surface area contributed by atoms with Crippen LogP contribution in [-0.4, -0.2) is 0 Å². The van der Waals surface area contributed by atoms with E-state index >= 15 is 0 Å². The van der Waals surface area contributed by atoms with Gasteiger partial charge in [0.25, 0.3) is 0 Å². The average molecular weight is 1660 g/mol. The fourth-order valence-corrected chi connectivity index (χ4v) is 19.7. The maximum atomic E-state index is 2.45. The molecule has 618 valence electrons. The highest BCUT2D eigenvalue weighted by molar-refractivity contribution is 5.93. The van der Waals surface area contributed by atoms with Crippen LogP contribution in [0.1, 0.15) is 49.9 Å². The molecule has 4 heteroatoms. The maximum Gasteiger partial charge on any atom is 0.0465 e. The number of nitrogens with zero attached hydrogens (tertiary/aromatic N) is 4. The second-order valence-corrected chi connectivity index (χ2v) is 35.2. The van der Waals surface area contributed by atoms with Crippen LogP contribution in [0.3, 0.4) is 0 Å². The molecule has 0 aromatic heterocycles. The van der Waals surface area contributed by atoms with E-state index in [0.717, 1.165) is 79.4 Å². The van der Waals surface area contributed by atoms with Gasteiger partial charge >= 0.3 is 0 Å². The number of benzene rings is 20. The van der Waals surface area contributed by atoms with Crippen molar-refractivity contribution in [2.75, 3.05) is 19.6 Å². The van der Waals surface area contributed by atoms with E-state index in [0.29, 0.717) is 0 Å². The van der Waals surface area contributed by atoms with Crippen LogP contribution >= 0.6 is 0 Å². The topological polar surface area (TPSA) is 13.0 Å².